The Hall–Kier alpha value is -2.61. The fourth-order valence-corrected chi connectivity index (χ4v) is 3.80. The van der Waals surface area contributed by atoms with Crippen LogP contribution >= 0.6 is 0 Å². The number of alkyl carbamates (subject to hydrolysis) is 1. The molecule has 1 fully saturated rings. The summed E-state index contributed by atoms with van der Waals surface area (Å²) in [5.41, 5.74) is 0.540. The van der Waals surface area contributed by atoms with Gasteiger partial charge in [0.05, 0.1) is 6.61 Å². The van der Waals surface area contributed by atoms with Crippen LogP contribution in [0.2, 0.25) is 0 Å². The maximum atomic E-state index is 13.7. The lowest BCUT2D eigenvalue weighted by Crippen LogP contribution is -2.56. The normalized spacial score (nSPS) is 19.6. The number of carbonyl (C=O) groups excluding carboxylic acids is 3. The number of rotatable bonds is 8. The molecule has 1 aliphatic rings. The summed E-state index contributed by atoms with van der Waals surface area (Å²) >= 11 is 0. The van der Waals surface area contributed by atoms with Crippen LogP contribution in [0.25, 0.3) is 0 Å². The zero-order chi connectivity index (χ0) is 25.8. The molecular formula is C26H41N3O5. The van der Waals surface area contributed by atoms with E-state index in [9.17, 15) is 19.5 Å². The molecule has 8 nitrogen and oxygen atoms in total. The molecule has 0 heterocycles. The molecule has 1 aromatic carbocycles. The second-order valence-corrected chi connectivity index (χ2v) is 11.1. The van der Waals surface area contributed by atoms with Gasteiger partial charge in [-0.3, -0.25) is 9.59 Å². The summed E-state index contributed by atoms with van der Waals surface area (Å²) in [4.78, 5) is 41.1. The van der Waals surface area contributed by atoms with Crippen molar-refractivity contribution < 1.29 is 24.2 Å². The number of hydrogen-bond donors (Lipinski definition) is 3. The number of carbonyl (C=O) groups is 3. The molecule has 0 saturated heterocycles. The second-order valence-electron chi connectivity index (χ2n) is 11.1. The van der Waals surface area contributed by atoms with Crippen molar-refractivity contribution >= 4 is 17.9 Å². The van der Waals surface area contributed by atoms with Crippen LogP contribution < -0.4 is 10.6 Å². The Morgan fingerprint density at radius 2 is 1.68 bits per heavy atom. The van der Waals surface area contributed by atoms with Crippen LogP contribution in [0.1, 0.15) is 79.0 Å². The van der Waals surface area contributed by atoms with Crippen molar-refractivity contribution in [3.63, 3.8) is 0 Å². The summed E-state index contributed by atoms with van der Waals surface area (Å²) < 4.78 is 5.27. The topological polar surface area (TPSA) is 108 Å². The van der Waals surface area contributed by atoms with Gasteiger partial charge in [-0.2, -0.15) is 0 Å². The van der Waals surface area contributed by atoms with Crippen molar-refractivity contribution in [2.45, 2.75) is 97.5 Å². The summed E-state index contributed by atoms with van der Waals surface area (Å²) in [6.07, 6.45) is 0.794. The molecular weight excluding hydrogens is 434 g/mol. The van der Waals surface area contributed by atoms with Crippen LogP contribution in [0.3, 0.4) is 0 Å². The van der Waals surface area contributed by atoms with Gasteiger partial charge in [-0.25, -0.2) is 4.79 Å². The first kappa shape index (κ1) is 27.6. The minimum Gasteiger partial charge on any atom is -0.444 e. The fourth-order valence-electron chi connectivity index (χ4n) is 3.80. The highest BCUT2D eigenvalue weighted by atomic mass is 16.6. The van der Waals surface area contributed by atoms with Crippen molar-refractivity contribution in [3.8, 4) is 0 Å². The van der Waals surface area contributed by atoms with E-state index in [0.29, 0.717) is 5.56 Å². The van der Waals surface area contributed by atoms with Gasteiger partial charge in [-0.05, 0) is 71.4 Å². The van der Waals surface area contributed by atoms with Crippen molar-refractivity contribution in [1.82, 2.24) is 15.5 Å². The van der Waals surface area contributed by atoms with E-state index in [1.165, 1.54) is 4.90 Å². The molecule has 0 aromatic heterocycles. The maximum absolute atomic E-state index is 13.7. The molecule has 0 radical (unpaired) electrons. The molecule has 0 aliphatic heterocycles. The van der Waals surface area contributed by atoms with E-state index >= 15 is 0 Å². The summed E-state index contributed by atoms with van der Waals surface area (Å²) in [5.74, 6) is -0.626. The van der Waals surface area contributed by atoms with E-state index in [4.69, 9.17) is 4.74 Å². The standard InChI is InChI=1S/C26H41N3O5/c1-9-17-10-12-18(13-11-17)21(22(31)28-25(3,4)5)29(20-14-16(20)2)23(32)19(15-30)27-24(33)34-26(6,7)8/h10-13,16,19-21,30H,9,14-15H2,1-8H3,(H,27,33)(H,28,31). The van der Waals surface area contributed by atoms with Crippen molar-refractivity contribution in [2.24, 2.45) is 5.92 Å². The number of benzene rings is 1. The summed E-state index contributed by atoms with van der Waals surface area (Å²) in [5, 5.41) is 15.5. The molecule has 3 N–H and O–H groups in total. The monoisotopic (exact) mass is 475 g/mol. The van der Waals surface area contributed by atoms with Crippen LogP contribution in [0, 0.1) is 5.92 Å². The average Bonchev–Trinajstić information content (AvgIpc) is 3.42. The van der Waals surface area contributed by atoms with Crippen molar-refractivity contribution in [3.05, 3.63) is 35.4 Å². The molecule has 0 bridgehead atoms. The van der Waals surface area contributed by atoms with Gasteiger partial charge in [0.2, 0.25) is 11.8 Å². The predicted molar refractivity (Wildman–Crippen MR) is 131 cm³/mol. The first-order valence-electron chi connectivity index (χ1n) is 12.0. The number of nitrogens with zero attached hydrogens (tertiary/aromatic N) is 1. The average molecular weight is 476 g/mol. The molecule has 190 valence electrons. The molecule has 1 aliphatic carbocycles. The fraction of sp³-hybridized carbons (Fsp3) is 0.654. The quantitative estimate of drug-likeness (QED) is 0.535. The lowest BCUT2D eigenvalue weighted by atomic mass is 9.98. The van der Waals surface area contributed by atoms with Gasteiger partial charge in [0, 0.05) is 11.6 Å². The highest BCUT2D eigenvalue weighted by molar-refractivity contribution is 5.93. The Morgan fingerprint density at radius 3 is 2.09 bits per heavy atom. The summed E-state index contributed by atoms with van der Waals surface area (Å²) in [7, 11) is 0. The molecule has 34 heavy (non-hydrogen) atoms. The smallest absolute Gasteiger partial charge is 0.408 e. The lowest BCUT2D eigenvalue weighted by Gasteiger charge is -2.36. The summed E-state index contributed by atoms with van der Waals surface area (Å²) in [6, 6.07) is 5.33. The highest BCUT2D eigenvalue weighted by Crippen LogP contribution is 2.41. The van der Waals surface area contributed by atoms with Crippen LogP contribution in [0.5, 0.6) is 0 Å². The number of aliphatic hydroxyl groups is 1. The first-order valence-corrected chi connectivity index (χ1v) is 12.0. The molecule has 3 amide bonds. The Bertz CT molecular complexity index is 870. The van der Waals surface area contributed by atoms with Crippen LogP contribution in [0.15, 0.2) is 24.3 Å². The van der Waals surface area contributed by atoms with Crippen LogP contribution in [-0.4, -0.2) is 57.7 Å². The predicted octanol–water partition coefficient (Wildman–Crippen LogP) is 3.33. The van der Waals surface area contributed by atoms with Gasteiger partial charge in [0.1, 0.15) is 17.7 Å². The molecule has 0 spiro atoms. The molecule has 4 unspecified atom stereocenters. The third-order valence-electron chi connectivity index (χ3n) is 5.58. The van der Waals surface area contributed by atoms with Crippen LogP contribution in [-0.2, 0) is 20.7 Å². The molecule has 1 aromatic rings. The minimum atomic E-state index is -1.23. The third kappa shape index (κ3) is 7.72. The van der Waals surface area contributed by atoms with E-state index in [2.05, 4.69) is 17.6 Å². The number of hydrogen-bond acceptors (Lipinski definition) is 5. The highest BCUT2D eigenvalue weighted by Gasteiger charge is 2.48. The number of amides is 3. The number of aliphatic hydroxyl groups excluding tert-OH is 1. The van der Waals surface area contributed by atoms with Crippen molar-refractivity contribution in [2.75, 3.05) is 6.61 Å². The van der Waals surface area contributed by atoms with E-state index in [1.54, 1.807) is 20.8 Å². The van der Waals surface area contributed by atoms with Gasteiger partial charge >= 0.3 is 6.09 Å². The molecule has 8 heteroatoms. The lowest BCUT2D eigenvalue weighted by molar-refractivity contribution is -0.144. The Kier molecular flexibility index (Phi) is 8.75. The second kappa shape index (κ2) is 10.8. The number of ether oxygens (including phenoxy) is 1. The van der Waals surface area contributed by atoms with Gasteiger partial charge in [-0.15, -0.1) is 0 Å². The van der Waals surface area contributed by atoms with E-state index in [-0.39, 0.29) is 17.9 Å². The Balaban J connectivity index is 2.45. The Morgan fingerprint density at radius 1 is 1.12 bits per heavy atom. The zero-order valence-corrected chi connectivity index (χ0v) is 21.8. The molecule has 2 rings (SSSR count). The first-order chi connectivity index (χ1) is 15.7. The largest absolute Gasteiger partial charge is 0.444 e. The molecule has 4 atom stereocenters. The van der Waals surface area contributed by atoms with E-state index < -0.39 is 41.8 Å². The number of nitrogens with one attached hydrogen (secondary N) is 2. The van der Waals surface area contributed by atoms with Crippen molar-refractivity contribution in [1.29, 1.82) is 0 Å². The van der Waals surface area contributed by atoms with Gasteiger partial charge in [0.15, 0.2) is 0 Å². The summed E-state index contributed by atoms with van der Waals surface area (Å²) in [6.45, 7) is 14.2. The molecule has 1 saturated carbocycles. The minimum absolute atomic E-state index is 0.177. The van der Waals surface area contributed by atoms with E-state index in [1.807, 2.05) is 52.0 Å². The maximum Gasteiger partial charge on any atom is 0.408 e. The Labute approximate surface area is 203 Å². The third-order valence-corrected chi connectivity index (χ3v) is 5.58. The zero-order valence-electron chi connectivity index (χ0n) is 21.8. The van der Waals surface area contributed by atoms with Gasteiger partial charge < -0.3 is 25.4 Å². The van der Waals surface area contributed by atoms with E-state index in [0.717, 1.165) is 18.4 Å². The SMILES string of the molecule is CCc1ccc(C(C(=O)NC(C)(C)C)N(C(=O)C(CO)NC(=O)OC(C)(C)C)C2CC2C)cc1. The van der Waals surface area contributed by atoms with Crippen LogP contribution in [0.4, 0.5) is 4.79 Å². The van der Waals surface area contributed by atoms with Gasteiger partial charge in [0.25, 0.3) is 0 Å². The number of aryl methyl sites for hydroxylation is 1. The van der Waals surface area contributed by atoms with Gasteiger partial charge in [-0.1, -0.05) is 38.1 Å².